The largest absolute Gasteiger partial charge is 0.314 e. The Balaban J connectivity index is 1.79. The SMILES string of the molecule is CN(C)CC1CCCN1S(=O)(=O)CCCNC1CC1. The standard InChI is InChI=1S/C13H27N3O2S/c1-15(2)11-13-5-3-9-16(13)19(17,18)10-4-8-14-12-6-7-12/h12-14H,3-11H2,1-2H3. The zero-order valence-corrected chi connectivity index (χ0v) is 13.0. The molecule has 6 heteroatoms. The van der Waals surface area contributed by atoms with E-state index in [0.717, 1.165) is 32.4 Å². The van der Waals surface area contributed by atoms with Gasteiger partial charge in [0.1, 0.15) is 0 Å². The number of likely N-dealkylation sites (N-methyl/N-ethyl adjacent to an activating group) is 1. The highest BCUT2D eigenvalue weighted by Crippen LogP contribution is 2.22. The molecule has 1 heterocycles. The fourth-order valence-corrected chi connectivity index (χ4v) is 4.52. The van der Waals surface area contributed by atoms with Crippen molar-refractivity contribution in [3.63, 3.8) is 0 Å². The second-order valence-corrected chi connectivity index (χ2v) is 8.11. The fourth-order valence-electron chi connectivity index (χ4n) is 2.74. The first-order valence-corrected chi connectivity index (χ1v) is 8.97. The van der Waals surface area contributed by atoms with Crippen LogP contribution in [-0.2, 0) is 10.0 Å². The summed E-state index contributed by atoms with van der Waals surface area (Å²) < 4.78 is 26.5. The van der Waals surface area contributed by atoms with Gasteiger partial charge in [0.15, 0.2) is 0 Å². The van der Waals surface area contributed by atoms with Gasteiger partial charge in [-0.2, -0.15) is 4.31 Å². The maximum absolute atomic E-state index is 12.4. The molecular formula is C13H27N3O2S. The molecule has 2 fully saturated rings. The fraction of sp³-hybridized carbons (Fsp3) is 1.00. The van der Waals surface area contributed by atoms with E-state index in [9.17, 15) is 8.42 Å². The molecule has 0 aromatic heterocycles. The van der Waals surface area contributed by atoms with Gasteiger partial charge in [0, 0.05) is 25.2 Å². The molecule has 0 bridgehead atoms. The smallest absolute Gasteiger partial charge is 0.214 e. The van der Waals surface area contributed by atoms with Crippen molar-refractivity contribution in [2.45, 2.75) is 44.2 Å². The van der Waals surface area contributed by atoms with Gasteiger partial charge in [0.05, 0.1) is 5.75 Å². The Hall–Kier alpha value is -0.170. The summed E-state index contributed by atoms with van der Waals surface area (Å²) in [6.45, 7) is 2.37. The molecule has 1 N–H and O–H groups in total. The summed E-state index contributed by atoms with van der Waals surface area (Å²) in [5.74, 6) is 0.288. The van der Waals surface area contributed by atoms with E-state index < -0.39 is 10.0 Å². The van der Waals surface area contributed by atoms with Crippen LogP contribution < -0.4 is 5.32 Å². The minimum absolute atomic E-state index is 0.177. The minimum Gasteiger partial charge on any atom is -0.314 e. The van der Waals surface area contributed by atoms with Gasteiger partial charge in [-0.3, -0.25) is 0 Å². The van der Waals surface area contributed by atoms with E-state index in [1.807, 2.05) is 14.1 Å². The Morgan fingerprint density at radius 3 is 2.63 bits per heavy atom. The average molecular weight is 289 g/mol. The third-order valence-corrected chi connectivity index (χ3v) is 5.85. The molecular weight excluding hydrogens is 262 g/mol. The van der Waals surface area contributed by atoms with Gasteiger partial charge in [-0.1, -0.05) is 0 Å². The van der Waals surface area contributed by atoms with Crippen LogP contribution in [-0.4, -0.2) is 69.2 Å². The zero-order chi connectivity index (χ0) is 13.9. The highest BCUT2D eigenvalue weighted by molar-refractivity contribution is 7.89. The molecule has 1 saturated heterocycles. The van der Waals surface area contributed by atoms with Crippen molar-refractivity contribution in [3.05, 3.63) is 0 Å². The van der Waals surface area contributed by atoms with Gasteiger partial charge in [0.2, 0.25) is 10.0 Å². The van der Waals surface area contributed by atoms with E-state index in [4.69, 9.17) is 0 Å². The molecule has 0 radical (unpaired) electrons. The molecule has 1 aliphatic carbocycles. The Morgan fingerprint density at radius 2 is 2.00 bits per heavy atom. The summed E-state index contributed by atoms with van der Waals surface area (Å²) in [7, 11) is 0.940. The van der Waals surface area contributed by atoms with Crippen molar-refractivity contribution in [1.29, 1.82) is 0 Å². The number of hydrogen-bond acceptors (Lipinski definition) is 4. The summed E-state index contributed by atoms with van der Waals surface area (Å²) in [5, 5.41) is 3.37. The molecule has 1 saturated carbocycles. The molecule has 5 nitrogen and oxygen atoms in total. The Labute approximate surface area is 117 Å². The van der Waals surface area contributed by atoms with Gasteiger partial charge >= 0.3 is 0 Å². The quantitative estimate of drug-likeness (QED) is 0.661. The molecule has 0 aromatic rings. The highest BCUT2D eigenvalue weighted by Gasteiger charge is 2.33. The molecule has 1 unspecified atom stereocenters. The molecule has 0 spiro atoms. The summed E-state index contributed by atoms with van der Waals surface area (Å²) in [6, 6.07) is 0.840. The average Bonchev–Trinajstić information content (AvgIpc) is 3.02. The van der Waals surface area contributed by atoms with Crippen LogP contribution in [0.2, 0.25) is 0 Å². The van der Waals surface area contributed by atoms with Crippen LogP contribution in [0, 0.1) is 0 Å². The van der Waals surface area contributed by atoms with Crippen molar-refractivity contribution in [1.82, 2.24) is 14.5 Å². The number of sulfonamides is 1. The van der Waals surface area contributed by atoms with E-state index in [1.165, 1.54) is 12.8 Å². The summed E-state index contributed by atoms with van der Waals surface area (Å²) in [4.78, 5) is 2.08. The van der Waals surface area contributed by atoms with Crippen LogP contribution in [0.3, 0.4) is 0 Å². The maximum atomic E-state index is 12.4. The number of nitrogens with one attached hydrogen (secondary N) is 1. The van der Waals surface area contributed by atoms with E-state index >= 15 is 0 Å². The lowest BCUT2D eigenvalue weighted by molar-refractivity contribution is 0.291. The van der Waals surface area contributed by atoms with Crippen LogP contribution in [0.1, 0.15) is 32.1 Å². The zero-order valence-electron chi connectivity index (χ0n) is 12.1. The van der Waals surface area contributed by atoms with Crippen molar-refractivity contribution >= 4 is 10.0 Å². The van der Waals surface area contributed by atoms with E-state index in [2.05, 4.69) is 10.2 Å². The first-order chi connectivity index (χ1) is 8.99. The summed E-state index contributed by atoms with van der Waals surface area (Å²) in [5.41, 5.74) is 0. The van der Waals surface area contributed by atoms with Crippen molar-refractivity contribution in [2.24, 2.45) is 0 Å². The third kappa shape index (κ3) is 4.70. The Bertz CT molecular complexity index is 379. The first-order valence-electron chi connectivity index (χ1n) is 7.36. The summed E-state index contributed by atoms with van der Waals surface area (Å²) >= 11 is 0. The van der Waals surface area contributed by atoms with Crippen molar-refractivity contribution in [2.75, 3.05) is 39.5 Å². The lowest BCUT2D eigenvalue weighted by Crippen LogP contribution is -2.42. The van der Waals surface area contributed by atoms with Gasteiger partial charge in [-0.05, 0) is 52.7 Å². The maximum Gasteiger partial charge on any atom is 0.214 e. The summed E-state index contributed by atoms with van der Waals surface area (Å²) in [6.07, 6.45) is 5.23. The van der Waals surface area contributed by atoms with Crippen molar-refractivity contribution in [3.8, 4) is 0 Å². The topological polar surface area (TPSA) is 52.7 Å². The molecule has 1 atom stereocenters. The predicted octanol–water partition coefficient (Wildman–Crippen LogP) is 0.484. The van der Waals surface area contributed by atoms with Gasteiger partial charge in [-0.25, -0.2) is 8.42 Å². The van der Waals surface area contributed by atoms with Gasteiger partial charge in [-0.15, -0.1) is 0 Å². The van der Waals surface area contributed by atoms with Gasteiger partial charge < -0.3 is 10.2 Å². The second kappa shape index (κ2) is 6.52. The molecule has 1 aliphatic heterocycles. The van der Waals surface area contributed by atoms with Crippen LogP contribution in [0.25, 0.3) is 0 Å². The van der Waals surface area contributed by atoms with Crippen LogP contribution in [0.5, 0.6) is 0 Å². The normalized spacial score (nSPS) is 25.3. The van der Waals surface area contributed by atoms with E-state index in [-0.39, 0.29) is 11.8 Å². The Morgan fingerprint density at radius 1 is 1.26 bits per heavy atom. The van der Waals surface area contributed by atoms with Crippen molar-refractivity contribution < 1.29 is 8.42 Å². The molecule has 112 valence electrons. The number of rotatable bonds is 8. The molecule has 2 rings (SSSR count). The van der Waals surface area contributed by atoms with Crippen LogP contribution in [0.4, 0.5) is 0 Å². The molecule has 0 aromatic carbocycles. The van der Waals surface area contributed by atoms with Crippen LogP contribution >= 0.6 is 0 Å². The second-order valence-electron chi connectivity index (χ2n) is 6.07. The lowest BCUT2D eigenvalue weighted by Gasteiger charge is -2.26. The third-order valence-electron chi connectivity index (χ3n) is 3.85. The van der Waals surface area contributed by atoms with E-state index in [1.54, 1.807) is 4.31 Å². The molecule has 0 amide bonds. The molecule has 2 aliphatic rings. The predicted molar refractivity (Wildman–Crippen MR) is 77.7 cm³/mol. The van der Waals surface area contributed by atoms with Gasteiger partial charge in [0.25, 0.3) is 0 Å². The number of nitrogens with zero attached hydrogens (tertiary/aromatic N) is 2. The highest BCUT2D eigenvalue weighted by atomic mass is 32.2. The molecule has 19 heavy (non-hydrogen) atoms. The Kier molecular flexibility index (Phi) is 5.22. The first kappa shape index (κ1) is 15.2. The minimum atomic E-state index is -3.07. The van der Waals surface area contributed by atoms with E-state index in [0.29, 0.717) is 12.6 Å². The monoisotopic (exact) mass is 289 g/mol. The lowest BCUT2D eigenvalue weighted by atomic mass is 10.2. The van der Waals surface area contributed by atoms with Crippen LogP contribution in [0.15, 0.2) is 0 Å². The number of hydrogen-bond donors (Lipinski definition) is 1.